The molecule has 0 aliphatic carbocycles. The van der Waals surface area contributed by atoms with Gasteiger partial charge in [-0.3, -0.25) is 4.79 Å². The number of rotatable bonds is 3. The molecular formula is C18H28N2O. The molecule has 0 bridgehead atoms. The zero-order valence-corrected chi connectivity index (χ0v) is 14.0. The highest BCUT2D eigenvalue weighted by molar-refractivity contribution is 5.96. The lowest BCUT2D eigenvalue weighted by Gasteiger charge is -2.38. The molecule has 0 radical (unpaired) electrons. The molecule has 21 heavy (non-hydrogen) atoms. The maximum atomic E-state index is 12.7. The van der Waals surface area contributed by atoms with Crippen LogP contribution >= 0.6 is 0 Å². The Morgan fingerprint density at radius 2 is 1.86 bits per heavy atom. The molecule has 1 heterocycles. The minimum absolute atomic E-state index is 0.166. The van der Waals surface area contributed by atoms with Crippen molar-refractivity contribution < 1.29 is 4.79 Å². The Morgan fingerprint density at radius 1 is 1.24 bits per heavy atom. The van der Waals surface area contributed by atoms with Gasteiger partial charge in [-0.2, -0.15) is 0 Å². The van der Waals surface area contributed by atoms with Crippen molar-refractivity contribution >= 4 is 5.91 Å². The number of amides is 1. The van der Waals surface area contributed by atoms with Crippen molar-refractivity contribution in [2.75, 3.05) is 20.1 Å². The number of likely N-dealkylation sites (tertiary alicyclic amines) is 1. The molecule has 0 unspecified atom stereocenters. The highest BCUT2D eigenvalue weighted by atomic mass is 16.2. The summed E-state index contributed by atoms with van der Waals surface area (Å²) >= 11 is 0. The van der Waals surface area contributed by atoms with Gasteiger partial charge in [0, 0.05) is 37.8 Å². The van der Waals surface area contributed by atoms with Gasteiger partial charge in [-0.05, 0) is 57.7 Å². The molecule has 116 valence electrons. The van der Waals surface area contributed by atoms with Gasteiger partial charge in [-0.15, -0.1) is 0 Å². The zero-order valence-electron chi connectivity index (χ0n) is 14.0. The molecule has 1 aliphatic rings. The van der Waals surface area contributed by atoms with E-state index in [0.29, 0.717) is 12.1 Å². The lowest BCUT2D eigenvalue weighted by Crippen LogP contribution is -2.47. The van der Waals surface area contributed by atoms with E-state index in [2.05, 4.69) is 31.7 Å². The fourth-order valence-electron chi connectivity index (χ4n) is 3.13. The van der Waals surface area contributed by atoms with Crippen molar-refractivity contribution in [1.82, 2.24) is 9.80 Å². The van der Waals surface area contributed by atoms with Crippen LogP contribution in [-0.2, 0) is 0 Å². The average Bonchev–Trinajstić information content (AvgIpc) is 2.48. The monoisotopic (exact) mass is 288 g/mol. The van der Waals surface area contributed by atoms with E-state index in [9.17, 15) is 4.79 Å². The minimum atomic E-state index is 0.166. The number of benzene rings is 1. The highest BCUT2D eigenvalue weighted by Gasteiger charge is 2.27. The summed E-state index contributed by atoms with van der Waals surface area (Å²) in [5, 5.41) is 0. The molecule has 1 fully saturated rings. The Hall–Kier alpha value is -1.35. The number of nitrogens with zero attached hydrogens (tertiary/aromatic N) is 2. The van der Waals surface area contributed by atoms with Gasteiger partial charge in [-0.1, -0.05) is 12.1 Å². The van der Waals surface area contributed by atoms with Crippen LogP contribution in [-0.4, -0.2) is 47.9 Å². The summed E-state index contributed by atoms with van der Waals surface area (Å²) in [6, 6.07) is 6.96. The van der Waals surface area contributed by atoms with Crippen molar-refractivity contribution in [3.05, 3.63) is 34.9 Å². The number of piperidine rings is 1. The fraction of sp³-hybridized carbons (Fsp3) is 0.611. The van der Waals surface area contributed by atoms with Gasteiger partial charge in [0.15, 0.2) is 0 Å². The van der Waals surface area contributed by atoms with Crippen LogP contribution in [0.25, 0.3) is 0 Å². The SMILES string of the molecule is Cc1cccc(C(=O)N(C)C2CCN(C(C)C)CC2)c1C. The molecule has 0 saturated carbocycles. The Morgan fingerprint density at radius 3 is 2.43 bits per heavy atom. The summed E-state index contributed by atoms with van der Waals surface area (Å²) in [7, 11) is 1.96. The van der Waals surface area contributed by atoms with Gasteiger partial charge in [0.1, 0.15) is 0 Å². The zero-order chi connectivity index (χ0) is 15.6. The molecular weight excluding hydrogens is 260 g/mol. The van der Waals surface area contributed by atoms with E-state index in [-0.39, 0.29) is 5.91 Å². The van der Waals surface area contributed by atoms with Crippen LogP contribution in [0, 0.1) is 13.8 Å². The number of hydrogen-bond donors (Lipinski definition) is 0. The first-order valence-corrected chi connectivity index (χ1v) is 7.99. The molecule has 0 spiro atoms. The topological polar surface area (TPSA) is 23.6 Å². The summed E-state index contributed by atoms with van der Waals surface area (Å²) < 4.78 is 0. The van der Waals surface area contributed by atoms with Crippen LogP contribution in [0.3, 0.4) is 0 Å². The van der Waals surface area contributed by atoms with E-state index in [0.717, 1.165) is 37.1 Å². The second-order valence-corrected chi connectivity index (χ2v) is 6.52. The van der Waals surface area contributed by atoms with E-state index in [1.165, 1.54) is 5.56 Å². The largest absolute Gasteiger partial charge is 0.339 e. The molecule has 3 heteroatoms. The first kappa shape index (κ1) is 16.0. The van der Waals surface area contributed by atoms with Crippen molar-refractivity contribution in [2.45, 2.75) is 52.6 Å². The second kappa shape index (κ2) is 6.61. The summed E-state index contributed by atoms with van der Waals surface area (Å²) in [5.41, 5.74) is 3.14. The number of hydrogen-bond acceptors (Lipinski definition) is 2. The summed E-state index contributed by atoms with van der Waals surface area (Å²) in [6.07, 6.45) is 2.15. The number of carbonyl (C=O) groups is 1. The highest BCUT2D eigenvalue weighted by Crippen LogP contribution is 2.21. The lowest BCUT2D eigenvalue weighted by atomic mass is 9.99. The Bertz CT molecular complexity index is 502. The molecule has 1 saturated heterocycles. The molecule has 0 aromatic heterocycles. The molecule has 1 aliphatic heterocycles. The van der Waals surface area contributed by atoms with Crippen molar-refractivity contribution in [2.24, 2.45) is 0 Å². The lowest BCUT2D eigenvalue weighted by molar-refractivity contribution is 0.0614. The molecule has 2 rings (SSSR count). The molecule has 1 aromatic rings. The molecule has 0 atom stereocenters. The molecule has 0 N–H and O–H groups in total. The van der Waals surface area contributed by atoms with Crippen molar-refractivity contribution in [3.8, 4) is 0 Å². The second-order valence-electron chi connectivity index (χ2n) is 6.52. The van der Waals surface area contributed by atoms with E-state index in [4.69, 9.17) is 0 Å². The van der Waals surface area contributed by atoms with Gasteiger partial charge in [0.05, 0.1) is 0 Å². The van der Waals surface area contributed by atoms with E-state index in [1.807, 2.05) is 31.0 Å². The predicted molar refractivity (Wildman–Crippen MR) is 87.7 cm³/mol. The van der Waals surface area contributed by atoms with Crippen LogP contribution in [0.15, 0.2) is 18.2 Å². The minimum Gasteiger partial charge on any atom is -0.339 e. The summed E-state index contributed by atoms with van der Waals surface area (Å²) in [6.45, 7) is 10.8. The predicted octanol–water partition coefficient (Wildman–Crippen LogP) is 3.25. The Labute approximate surface area is 128 Å². The Kier molecular flexibility index (Phi) is 5.04. The van der Waals surface area contributed by atoms with Crippen LogP contribution < -0.4 is 0 Å². The molecule has 3 nitrogen and oxygen atoms in total. The standard InChI is InChI=1S/C18H28N2O/c1-13(2)20-11-9-16(10-12-20)19(5)18(21)17-8-6-7-14(3)15(17)4/h6-8,13,16H,9-12H2,1-5H3. The van der Waals surface area contributed by atoms with Gasteiger partial charge in [-0.25, -0.2) is 0 Å². The van der Waals surface area contributed by atoms with Crippen molar-refractivity contribution in [3.63, 3.8) is 0 Å². The third kappa shape index (κ3) is 3.46. The average molecular weight is 288 g/mol. The third-order valence-corrected chi connectivity index (χ3v) is 4.93. The van der Waals surface area contributed by atoms with E-state index in [1.54, 1.807) is 0 Å². The number of aryl methyl sites for hydroxylation is 1. The van der Waals surface area contributed by atoms with Gasteiger partial charge in [0.25, 0.3) is 5.91 Å². The van der Waals surface area contributed by atoms with Crippen LogP contribution in [0.2, 0.25) is 0 Å². The van der Waals surface area contributed by atoms with Crippen LogP contribution in [0.4, 0.5) is 0 Å². The van der Waals surface area contributed by atoms with E-state index < -0.39 is 0 Å². The summed E-state index contributed by atoms with van der Waals surface area (Å²) in [4.78, 5) is 17.2. The fourth-order valence-corrected chi connectivity index (χ4v) is 3.13. The van der Waals surface area contributed by atoms with E-state index >= 15 is 0 Å². The maximum absolute atomic E-state index is 12.7. The van der Waals surface area contributed by atoms with Gasteiger partial charge in [0.2, 0.25) is 0 Å². The quantitative estimate of drug-likeness (QED) is 0.852. The molecule has 1 amide bonds. The molecule has 1 aromatic carbocycles. The maximum Gasteiger partial charge on any atom is 0.254 e. The Balaban J connectivity index is 2.05. The third-order valence-electron chi connectivity index (χ3n) is 4.93. The van der Waals surface area contributed by atoms with Gasteiger partial charge >= 0.3 is 0 Å². The van der Waals surface area contributed by atoms with Crippen LogP contribution in [0.5, 0.6) is 0 Å². The van der Waals surface area contributed by atoms with Crippen LogP contribution in [0.1, 0.15) is 48.2 Å². The van der Waals surface area contributed by atoms with Crippen molar-refractivity contribution in [1.29, 1.82) is 0 Å². The van der Waals surface area contributed by atoms with Gasteiger partial charge < -0.3 is 9.80 Å². The first-order valence-electron chi connectivity index (χ1n) is 7.99. The number of carbonyl (C=O) groups excluding carboxylic acids is 1. The summed E-state index contributed by atoms with van der Waals surface area (Å²) in [5.74, 6) is 0.166. The first-order chi connectivity index (χ1) is 9.91. The smallest absolute Gasteiger partial charge is 0.254 e. The normalized spacial score (nSPS) is 17.2.